The minimum atomic E-state index is 0.200. The zero-order chi connectivity index (χ0) is 16.4. The summed E-state index contributed by atoms with van der Waals surface area (Å²) in [6.07, 6.45) is 6.21. The summed E-state index contributed by atoms with van der Waals surface area (Å²) in [5.41, 5.74) is 2.30. The lowest BCUT2D eigenvalue weighted by Crippen LogP contribution is -2.51. The fourth-order valence-corrected chi connectivity index (χ4v) is 3.29. The average Bonchev–Trinajstić information content (AvgIpc) is 3.11. The Kier molecular flexibility index (Phi) is 4.12. The highest BCUT2D eigenvalue weighted by Crippen LogP contribution is 2.16. The number of carbonyl (C=O) groups excluding carboxylic acids is 1. The molecule has 0 spiro atoms. The molecule has 2 aliphatic heterocycles. The normalized spacial score (nSPS) is 18.5. The van der Waals surface area contributed by atoms with Crippen LogP contribution < -0.4 is 4.90 Å². The zero-order valence-electron chi connectivity index (χ0n) is 13.6. The number of nitrogens with one attached hydrogen (secondary N) is 1. The van der Waals surface area contributed by atoms with Crippen molar-refractivity contribution >= 4 is 11.9 Å². The second kappa shape index (κ2) is 6.56. The number of H-pyrrole nitrogens is 1. The molecule has 1 saturated heterocycles. The molecule has 8 heteroatoms. The van der Waals surface area contributed by atoms with Crippen LogP contribution in [0.3, 0.4) is 0 Å². The number of hydrogen-bond acceptors (Lipinski definition) is 6. The van der Waals surface area contributed by atoms with E-state index in [1.807, 2.05) is 17.2 Å². The summed E-state index contributed by atoms with van der Waals surface area (Å²) in [4.78, 5) is 27.5. The third kappa shape index (κ3) is 3.09. The third-order valence-corrected chi connectivity index (χ3v) is 4.72. The summed E-state index contributed by atoms with van der Waals surface area (Å²) in [5.74, 6) is 0.971. The van der Waals surface area contributed by atoms with Gasteiger partial charge in [-0.2, -0.15) is 5.10 Å². The number of amides is 1. The minimum absolute atomic E-state index is 0.200. The van der Waals surface area contributed by atoms with Crippen molar-refractivity contribution in [3.05, 3.63) is 35.9 Å². The van der Waals surface area contributed by atoms with E-state index in [-0.39, 0.29) is 5.91 Å². The molecule has 1 N–H and O–H groups in total. The van der Waals surface area contributed by atoms with Crippen LogP contribution in [0.25, 0.3) is 0 Å². The van der Waals surface area contributed by atoms with Gasteiger partial charge >= 0.3 is 0 Å². The number of rotatable bonds is 3. The van der Waals surface area contributed by atoms with Gasteiger partial charge in [0.25, 0.3) is 0 Å². The fourth-order valence-electron chi connectivity index (χ4n) is 3.29. The number of aromatic nitrogens is 4. The standard InChI is InChI=1S/C16H21N7O/c24-15(23-5-2-14-13(11-23)10-19-20-14)12-21-6-8-22(9-7-21)16-17-3-1-4-18-16/h1,3-4,10H,2,5-9,11-12H2,(H,19,20). The van der Waals surface area contributed by atoms with Crippen LogP contribution in [0.15, 0.2) is 24.7 Å². The quantitative estimate of drug-likeness (QED) is 0.848. The average molecular weight is 327 g/mol. The molecule has 0 atom stereocenters. The smallest absolute Gasteiger partial charge is 0.237 e. The van der Waals surface area contributed by atoms with Crippen molar-refractivity contribution in [2.24, 2.45) is 0 Å². The van der Waals surface area contributed by atoms with E-state index in [1.54, 1.807) is 12.4 Å². The van der Waals surface area contributed by atoms with Crippen LogP contribution in [-0.2, 0) is 17.8 Å². The summed E-state index contributed by atoms with van der Waals surface area (Å²) in [5, 5.41) is 7.06. The second-order valence-electron chi connectivity index (χ2n) is 6.25. The molecule has 24 heavy (non-hydrogen) atoms. The Labute approximate surface area is 140 Å². The number of aromatic amines is 1. The SMILES string of the molecule is O=C(CN1CCN(c2ncccn2)CC1)N1CCc2[nH]ncc2C1. The molecular weight excluding hydrogens is 306 g/mol. The van der Waals surface area contributed by atoms with Gasteiger partial charge in [-0.15, -0.1) is 0 Å². The Morgan fingerprint density at radius 2 is 1.92 bits per heavy atom. The fraction of sp³-hybridized carbons (Fsp3) is 0.500. The van der Waals surface area contributed by atoms with Gasteiger partial charge in [0.2, 0.25) is 11.9 Å². The van der Waals surface area contributed by atoms with Crippen LogP contribution in [0.2, 0.25) is 0 Å². The van der Waals surface area contributed by atoms with Gasteiger partial charge in [0.1, 0.15) is 0 Å². The van der Waals surface area contributed by atoms with E-state index in [4.69, 9.17) is 0 Å². The maximum absolute atomic E-state index is 12.6. The van der Waals surface area contributed by atoms with Crippen molar-refractivity contribution in [2.45, 2.75) is 13.0 Å². The summed E-state index contributed by atoms with van der Waals surface area (Å²) >= 11 is 0. The van der Waals surface area contributed by atoms with Crippen molar-refractivity contribution in [3.8, 4) is 0 Å². The van der Waals surface area contributed by atoms with E-state index in [1.165, 1.54) is 0 Å². The van der Waals surface area contributed by atoms with Crippen LogP contribution in [0.1, 0.15) is 11.3 Å². The molecule has 8 nitrogen and oxygen atoms in total. The van der Waals surface area contributed by atoms with Crippen molar-refractivity contribution in [3.63, 3.8) is 0 Å². The predicted molar refractivity (Wildman–Crippen MR) is 88.4 cm³/mol. The van der Waals surface area contributed by atoms with E-state index < -0.39 is 0 Å². The lowest BCUT2D eigenvalue weighted by molar-refractivity contribution is -0.133. The topological polar surface area (TPSA) is 81.3 Å². The van der Waals surface area contributed by atoms with E-state index in [2.05, 4.69) is 30.0 Å². The first kappa shape index (κ1) is 15.1. The zero-order valence-corrected chi connectivity index (χ0v) is 13.6. The predicted octanol–water partition coefficient (Wildman–Crippen LogP) is -0.0934. The van der Waals surface area contributed by atoms with Gasteiger partial charge in [-0.3, -0.25) is 14.8 Å². The molecule has 1 fully saturated rings. The number of piperazine rings is 1. The van der Waals surface area contributed by atoms with Crippen LogP contribution >= 0.6 is 0 Å². The largest absolute Gasteiger partial charge is 0.338 e. The Morgan fingerprint density at radius 1 is 1.12 bits per heavy atom. The minimum Gasteiger partial charge on any atom is -0.338 e. The number of hydrogen-bond donors (Lipinski definition) is 1. The molecule has 4 rings (SSSR count). The second-order valence-corrected chi connectivity index (χ2v) is 6.25. The van der Waals surface area contributed by atoms with Gasteiger partial charge in [0.15, 0.2) is 0 Å². The van der Waals surface area contributed by atoms with Crippen molar-refractivity contribution in [1.82, 2.24) is 30.0 Å². The van der Waals surface area contributed by atoms with Gasteiger partial charge < -0.3 is 9.80 Å². The third-order valence-electron chi connectivity index (χ3n) is 4.72. The monoisotopic (exact) mass is 327 g/mol. The molecule has 2 aliphatic rings. The van der Waals surface area contributed by atoms with Crippen LogP contribution in [0.4, 0.5) is 5.95 Å². The highest BCUT2D eigenvalue weighted by molar-refractivity contribution is 5.78. The first-order valence-corrected chi connectivity index (χ1v) is 8.33. The molecule has 4 heterocycles. The molecule has 0 bridgehead atoms. The maximum Gasteiger partial charge on any atom is 0.237 e. The molecular formula is C16H21N7O. The molecule has 0 saturated carbocycles. The Hall–Kier alpha value is -2.48. The molecule has 0 aliphatic carbocycles. The number of anilines is 1. The van der Waals surface area contributed by atoms with Crippen LogP contribution in [0.5, 0.6) is 0 Å². The first-order valence-electron chi connectivity index (χ1n) is 8.33. The van der Waals surface area contributed by atoms with Gasteiger partial charge in [-0.1, -0.05) is 0 Å². The number of carbonyl (C=O) groups is 1. The molecule has 0 unspecified atom stereocenters. The summed E-state index contributed by atoms with van der Waals surface area (Å²) < 4.78 is 0. The highest BCUT2D eigenvalue weighted by Gasteiger charge is 2.25. The molecule has 2 aromatic heterocycles. The Balaban J connectivity index is 1.29. The number of nitrogens with zero attached hydrogens (tertiary/aromatic N) is 6. The molecule has 0 radical (unpaired) electrons. The van der Waals surface area contributed by atoms with Gasteiger partial charge in [-0.25, -0.2) is 9.97 Å². The molecule has 126 valence electrons. The molecule has 2 aromatic rings. The Morgan fingerprint density at radius 3 is 2.71 bits per heavy atom. The maximum atomic E-state index is 12.6. The lowest BCUT2D eigenvalue weighted by Gasteiger charge is -2.35. The first-order chi connectivity index (χ1) is 11.8. The van der Waals surface area contributed by atoms with Crippen molar-refractivity contribution in [2.75, 3.05) is 44.2 Å². The van der Waals surface area contributed by atoms with Gasteiger partial charge in [0.05, 0.1) is 12.7 Å². The van der Waals surface area contributed by atoms with Crippen LogP contribution in [-0.4, -0.2) is 75.1 Å². The number of fused-ring (bicyclic) bond motifs is 1. The summed E-state index contributed by atoms with van der Waals surface area (Å²) in [6.45, 7) is 5.33. The molecule has 0 aromatic carbocycles. The summed E-state index contributed by atoms with van der Waals surface area (Å²) in [7, 11) is 0. The van der Waals surface area contributed by atoms with Gasteiger partial charge in [0, 0.05) is 69.3 Å². The van der Waals surface area contributed by atoms with E-state index >= 15 is 0 Å². The van der Waals surface area contributed by atoms with E-state index in [9.17, 15) is 4.79 Å². The van der Waals surface area contributed by atoms with E-state index in [0.29, 0.717) is 13.1 Å². The van der Waals surface area contributed by atoms with Gasteiger partial charge in [-0.05, 0) is 6.07 Å². The lowest BCUT2D eigenvalue weighted by atomic mass is 10.1. The van der Waals surface area contributed by atoms with Crippen molar-refractivity contribution < 1.29 is 4.79 Å². The summed E-state index contributed by atoms with van der Waals surface area (Å²) in [6, 6.07) is 1.82. The Bertz CT molecular complexity index is 693. The molecule has 1 amide bonds. The van der Waals surface area contributed by atoms with Crippen LogP contribution in [0, 0.1) is 0 Å². The highest BCUT2D eigenvalue weighted by atomic mass is 16.2. The van der Waals surface area contributed by atoms with E-state index in [0.717, 1.165) is 56.4 Å². The van der Waals surface area contributed by atoms with Crippen molar-refractivity contribution in [1.29, 1.82) is 0 Å².